The average Bonchev–Trinajstić information content (AvgIpc) is 3.31. The lowest BCUT2D eigenvalue weighted by Gasteiger charge is -2.33. The number of rotatable bonds is 4. The quantitative estimate of drug-likeness (QED) is 0.518. The minimum absolute atomic E-state index is 0.114. The van der Waals surface area contributed by atoms with E-state index in [1.807, 2.05) is 11.0 Å². The number of aldehydes is 1. The van der Waals surface area contributed by atoms with E-state index < -0.39 is 0 Å². The summed E-state index contributed by atoms with van der Waals surface area (Å²) in [5, 5.41) is 5.24. The predicted molar refractivity (Wildman–Crippen MR) is 136 cm³/mol. The van der Waals surface area contributed by atoms with Crippen molar-refractivity contribution < 1.29 is 14.3 Å². The zero-order chi connectivity index (χ0) is 24.6. The van der Waals surface area contributed by atoms with Crippen LogP contribution < -0.4 is 4.90 Å². The third-order valence-corrected chi connectivity index (χ3v) is 7.74. The Kier molecular flexibility index (Phi) is 6.05. The number of carbonyl (C=O) groups excluding carboxylic acids is 2. The number of hydrogen-bond acceptors (Lipinski definition) is 6. The molecule has 0 spiro atoms. The SMILES string of the molecule is CC(=O)N1CCc2c(c(N3CCCc4cc(-c5ccc(C=O)nc5)ccc43)nn2C2CCOCC2)C1. The van der Waals surface area contributed by atoms with E-state index in [4.69, 9.17) is 9.84 Å². The molecule has 0 atom stereocenters. The Bertz CT molecular complexity index is 1290. The number of anilines is 2. The summed E-state index contributed by atoms with van der Waals surface area (Å²) >= 11 is 0. The molecule has 0 N–H and O–H groups in total. The van der Waals surface area contributed by atoms with Gasteiger partial charge in [0.1, 0.15) is 5.69 Å². The van der Waals surface area contributed by atoms with Crippen LogP contribution >= 0.6 is 0 Å². The third-order valence-electron chi connectivity index (χ3n) is 7.74. The Morgan fingerprint density at radius 1 is 1.08 bits per heavy atom. The first-order chi connectivity index (χ1) is 17.6. The molecule has 186 valence electrons. The maximum Gasteiger partial charge on any atom is 0.219 e. The normalized spacial score (nSPS) is 18.0. The van der Waals surface area contributed by atoms with E-state index in [9.17, 15) is 9.59 Å². The summed E-state index contributed by atoms with van der Waals surface area (Å²) in [5.74, 6) is 1.11. The van der Waals surface area contributed by atoms with Gasteiger partial charge in [-0.15, -0.1) is 0 Å². The highest BCUT2D eigenvalue weighted by Crippen LogP contribution is 2.40. The first kappa shape index (κ1) is 22.9. The van der Waals surface area contributed by atoms with Crippen LogP contribution in [0, 0.1) is 0 Å². The molecule has 1 fully saturated rings. The minimum atomic E-state index is 0.114. The van der Waals surface area contributed by atoms with Crippen LogP contribution in [0.3, 0.4) is 0 Å². The number of amides is 1. The van der Waals surface area contributed by atoms with E-state index in [2.05, 4.69) is 32.8 Å². The van der Waals surface area contributed by atoms with E-state index >= 15 is 0 Å². The van der Waals surface area contributed by atoms with Crippen LogP contribution in [0.4, 0.5) is 11.5 Å². The zero-order valence-electron chi connectivity index (χ0n) is 20.7. The molecule has 3 aromatic rings. The monoisotopic (exact) mass is 485 g/mol. The Morgan fingerprint density at radius 2 is 1.92 bits per heavy atom. The van der Waals surface area contributed by atoms with Crippen LogP contribution in [-0.2, 0) is 28.9 Å². The highest BCUT2D eigenvalue weighted by molar-refractivity contribution is 5.77. The number of hydrogen-bond donors (Lipinski definition) is 0. The summed E-state index contributed by atoms with van der Waals surface area (Å²) < 4.78 is 7.88. The maximum absolute atomic E-state index is 12.3. The highest BCUT2D eigenvalue weighted by atomic mass is 16.5. The molecule has 0 bridgehead atoms. The Hall–Kier alpha value is -3.52. The molecule has 8 heteroatoms. The number of carbonyl (C=O) groups is 2. The average molecular weight is 486 g/mol. The number of nitrogens with zero attached hydrogens (tertiary/aromatic N) is 5. The van der Waals surface area contributed by atoms with Gasteiger partial charge >= 0.3 is 0 Å². The number of aromatic nitrogens is 3. The third kappa shape index (κ3) is 4.09. The van der Waals surface area contributed by atoms with Crippen molar-refractivity contribution in [2.24, 2.45) is 0 Å². The summed E-state index contributed by atoms with van der Waals surface area (Å²) in [6, 6.07) is 10.6. The second-order valence-corrected chi connectivity index (χ2v) is 9.92. The van der Waals surface area contributed by atoms with Crippen molar-refractivity contribution in [2.45, 2.75) is 51.6 Å². The lowest BCUT2D eigenvalue weighted by molar-refractivity contribution is -0.129. The largest absolute Gasteiger partial charge is 0.381 e. The fourth-order valence-electron chi connectivity index (χ4n) is 5.79. The van der Waals surface area contributed by atoms with Crippen molar-refractivity contribution in [1.82, 2.24) is 19.7 Å². The summed E-state index contributed by atoms with van der Waals surface area (Å²) in [7, 11) is 0. The standard InChI is InChI=1S/C28H31N5O3/c1-19(35)31-12-8-27-25(17-31)28(30-33(27)24-9-13-36-14-10-24)32-11-2-3-21-15-20(5-7-26(21)32)22-4-6-23(18-34)29-16-22/h4-7,15-16,18,24H,2-3,8-14,17H2,1H3. The summed E-state index contributed by atoms with van der Waals surface area (Å²) in [5.41, 5.74) is 7.46. The van der Waals surface area contributed by atoms with Gasteiger partial charge in [0.25, 0.3) is 0 Å². The highest BCUT2D eigenvalue weighted by Gasteiger charge is 2.33. The molecule has 6 rings (SSSR count). The molecule has 5 heterocycles. The van der Waals surface area contributed by atoms with Gasteiger partial charge in [-0.05, 0) is 55.0 Å². The van der Waals surface area contributed by atoms with E-state index in [0.717, 1.165) is 81.6 Å². The second-order valence-electron chi connectivity index (χ2n) is 9.92. The Morgan fingerprint density at radius 3 is 2.67 bits per heavy atom. The van der Waals surface area contributed by atoms with Crippen LogP contribution in [0.5, 0.6) is 0 Å². The fourth-order valence-corrected chi connectivity index (χ4v) is 5.79. The van der Waals surface area contributed by atoms with E-state index in [0.29, 0.717) is 18.3 Å². The van der Waals surface area contributed by atoms with Crippen molar-refractivity contribution in [1.29, 1.82) is 0 Å². The predicted octanol–water partition coefficient (Wildman–Crippen LogP) is 4.10. The van der Waals surface area contributed by atoms with Crippen LogP contribution in [-0.4, -0.2) is 58.2 Å². The maximum atomic E-state index is 12.3. The fraction of sp³-hybridized carbons (Fsp3) is 0.429. The summed E-state index contributed by atoms with van der Waals surface area (Å²) in [4.78, 5) is 31.8. The Balaban J connectivity index is 1.39. The van der Waals surface area contributed by atoms with Gasteiger partial charge in [-0.2, -0.15) is 5.10 Å². The van der Waals surface area contributed by atoms with Gasteiger partial charge in [0.2, 0.25) is 5.91 Å². The molecule has 3 aliphatic rings. The first-order valence-electron chi connectivity index (χ1n) is 12.9. The van der Waals surface area contributed by atoms with Crippen molar-refractivity contribution in [3.63, 3.8) is 0 Å². The lowest BCUT2D eigenvalue weighted by Crippen LogP contribution is -2.36. The van der Waals surface area contributed by atoms with Crippen LogP contribution in [0.25, 0.3) is 11.1 Å². The van der Waals surface area contributed by atoms with Gasteiger partial charge in [-0.3, -0.25) is 19.3 Å². The van der Waals surface area contributed by atoms with Crippen molar-refractivity contribution in [2.75, 3.05) is 31.2 Å². The lowest BCUT2D eigenvalue weighted by atomic mass is 9.96. The van der Waals surface area contributed by atoms with Crippen LogP contribution in [0.1, 0.15) is 59.5 Å². The summed E-state index contributed by atoms with van der Waals surface area (Å²) in [6.45, 7) is 5.45. The van der Waals surface area contributed by atoms with Gasteiger partial charge < -0.3 is 14.5 Å². The minimum Gasteiger partial charge on any atom is -0.381 e. The van der Waals surface area contributed by atoms with E-state index in [-0.39, 0.29) is 5.91 Å². The topological polar surface area (TPSA) is 80.6 Å². The van der Waals surface area contributed by atoms with Crippen LogP contribution in [0.2, 0.25) is 0 Å². The van der Waals surface area contributed by atoms with E-state index in [1.165, 1.54) is 22.5 Å². The number of aryl methyl sites for hydroxylation is 1. The Labute approximate surface area is 210 Å². The molecule has 1 saturated heterocycles. The molecule has 1 amide bonds. The molecule has 2 aromatic heterocycles. The molecule has 0 unspecified atom stereocenters. The van der Waals surface area contributed by atoms with Gasteiger partial charge in [-0.1, -0.05) is 12.1 Å². The number of ether oxygens (including phenoxy) is 1. The van der Waals surface area contributed by atoms with E-state index in [1.54, 1.807) is 19.2 Å². The molecule has 0 aliphatic carbocycles. The molecule has 3 aliphatic heterocycles. The molecule has 1 aromatic carbocycles. The number of pyridine rings is 1. The molecule has 0 saturated carbocycles. The zero-order valence-corrected chi connectivity index (χ0v) is 20.7. The van der Waals surface area contributed by atoms with Gasteiger partial charge in [-0.25, -0.2) is 0 Å². The summed E-state index contributed by atoms with van der Waals surface area (Å²) in [6.07, 6.45) is 7.34. The molecule has 8 nitrogen and oxygen atoms in total. The smallest absolute Gasteiger partial charge is 0.219 e. The molecular weight excluding hydrogens is 454 g/mol. The molecular formula is C28H31N5O3. The molecule has 36 heavy (non-hydrogen) atoms. The van der Waals surface area contributed by atoms with Gasteiger partial charge in [0.15, 0.2) is 12.1 Å². The van der Waals surface area contributed by atoms with Crippen molar-refractivity contribution in [3.8, 4) is 11.1 Å². The first-order valence-corrected chi connectivity index (χ1v) is 12.9. The van der Waals surface area contributed by atoms with Crippen molar-refractivity contribution >= 4 is 23.7 Å². The number of benzene rings is 1. The second kappa shape index (κ2) is 9.50. The van der Waals surface area contributed by atoms with Gasteiger partial charge in [0, 0.05) is 68.4 Å². The molecule has 0 radical (unpaired) electrons. The number of fused-ring (bicyclic) bond motifs is 2. The van der Waals surface area contributed by atoms with Crippen molar-refractivity contribution in [3.05, 3.63) is 59.0 Å². The van der Waals surface area contributed by atoms with Gasteiger partial charge in [0.05, 0.1) is 12.6 Å². The van der Waals surface area contributed by atoms with Crippen LogP contribution in [0.15, 0.2) is 36.5 Å².